The van der Waals surface area contributed by atoms with Gasteiger partial charge in [-0.25, -0.2) is 4.79 Å². The van der Waals surface area contributed by atoms with Gasteiger partial charge in [-0.2, -0.15) is 13.2 Å². The van der Waals surface area contributed by atoms with E-state index in [1.165, 1.54) is 0 Å². The van der Waals surface area contributed by atoms with E-state index in [0.717, 1.165) is 28.5 Å². The van der Waals surface area contributed by atoms with Crippen LogP contribution >= 0.6 is 11.6 Å². The number of benzene rings is 3. The minimum Gasteiger partial charge on any atom is -0.489 e. The number of nitrogens with zero attached hydrogens (tertiary/aromatic N) is 1. The van der Waals surface area contributed by atoms with Crippen LogP contribution in [0.4, 0.5) is 13.2 Å². The van der Waals surface area contributed by atoms with Gasteiger partial charge in [-0.15, -0.1) is 0 Å². The Labute approximate surface area is 211 Å². The SMILES string of the molecule is O=C(O[C@H](COc1cccc2ccccc12)CN1CCC2(CC1)Cc1cc(Cl)ccc1O2)C(F)(F)F. The first-order chi connectivity index (χ1) is 17.2. The maximum atomic E-state index is 13.0. The van der Waals surface area contributed by atoms with Crippen molar-refractivity contribution in [3.63, 3.8) is 0 Å². The molecule has 9 heteroatoms. The predicted octanol–water partition coefficient (Wildman–Crippen LogP) is 5.82. The molecule has 0 aliphatic carbocycles. The van der Waals surface area contributed by atoms with Crippen LogP contribution < -0.4 is 9.47 Å². The third-order valence-electron chi connectivity index (χ3n) is 6.77. The van der Waals surface area contributed by atoms with Gasteiger partial charge in [0.1, 0.15) is 29.8 Å². The minimum absolute atomic E-state index is 0.126. The summed E-state index contributed by atoms with van der Waals surface area (Å²) in [7, 11) is 0. The van der Waals surface area contributed by atoms with Gasteiger partial charge in [0.15, 0.2) is 0 Å². The summed E-state index contributed by atoms with van der Waals surface area (Å²) >= 11 is 6.11. The number of piperidine rings is 1. The fraction of sp³-hybridized carbons (Fsp3) is 0.370. The molecule has 36 heavy (non-hydrogen) atoms. The summed E-state index contributed by atoms with van der Waals surface area (Å²) in [6.07, 6.45) is -4.03. The number of likely N-dealkylation sites (tertiary alicyclic amines) is 1. The van der Waals surface area contributed by atoms with Crippen LogP contribution in [0.1, 0.15) is 18.4 Å². The Bertz CT molecular complexity index is 1250. The van der Waals surface area contributed by atoms with Crippen molar-refractivity contribution < 1.29 is 32.2 Å². The van der Waals surface area contributed by atoms with Crippen LogP contribution in [0.15, 0.2) is 60.7 Å². The Kier molecular flexibility index (Phi) is 6.74. The van der Waals surface area contributed by atoms with E-state index in [1.807, 2.05) is 53.4 Å². The van der Waals surface area contributed by atoms with Crippen molar-refractivity contribution in [3.05, 3.63) is 71.2 Å². The fourth-order valence-corrected chi connectivity index (χ4v) is 5.15. The van der Waals surface area contributed by atoms with Crippen LogP contribution in [0, 0.1) is 0 Å². The van der Waals surface area contributed by atoms with Crippen LogP contribution in [0.5, 0.6) is 11.5 Å². The van der Waals surface area contributed by atoms with Crippen molar-refractivity contribution in [1.82, 2.24) is 4.90 Å². The second-order valence-electron chi connectivity index (χ2n) is 9.33. The van der Waals surface area contributed by atoms with E-state index in [1.54, 1.807) is 12.1 Å². The average molecular weight is 520 g/mol. The molecular formula is C27H25ClF3NO4. The summed E-state index contributed by atoms with van der Waals surface area (Å²) in [4.78, 5) is 13.6. The van der Waals surface area contributed by atoms with E-state index in [-0.39, 0.29) is 18.8 Å². The zero-order valence-corrected chi connectivity index (χ0v) is 20.1. The summed E-state index contributed by atoms with van der Waals surface area (Å²) in [5, 5.41) is 2.44. The van der Waals surface area contributed by atoms with E-state index in [0.29, 0.717) is 36.7 Å². The second kappa shape index (κ2) is 9.82. The Hall–Kier alpha value is -2.97. The first-order valence-corrected chi connectivity index (χ1v) is 12.2. The Morgan fingerprint density at radius 2 is 1.83 bits per heavy atom. The van der Waals surface area contributed by atoms with Crippen molar-refractivity contribution >= 4 is 28.3 Å². The van der Waals surface area contributed by atoms with Gasteiger partial charge >= 0.3 is 12.1 Å². The number of halogens is 4. The Morgan fingerprint density at radius 1 is 1.08 bits per heavy atom. The lowest BCUT2D eigenvalue weighted by Gasteiger charge is -2.39. The van der Waals surface area contributed by atoms with Crippen LogP contribution in [-0.2, 0) is 16.0 Å². The van der Waals surface area contributed by atoms with Crippen molar-refractivity contribution in [2.75, 3.05) is 26.2 Å². The van der Waals surface area contributed by atoms with Gasteiger partial charge in [-0.05, 0) is 35.2 Å². The number of hydrogen-bond acceptors (Lipinski definition) is 5. The molecule has 1 saturated heterocycles. The number of esters is 1. The van der Waals surface area contributed by atoms with Gasteiger partial charge in [-0.3, -0.25) is 4.90 Å². The lowest BCUT2D eigenvalue weighted by Crippen LogP contribution is -2.50. The molecule has 2 heterocycles. The highest BCUT2D eigenvalue weighted by molar-refractivity contribution is 6.30. The zero-order valence-electron chi connectivity index (χ0n) is 19.4. The molecule has 190 valence electrons. The first-order valence-electron chi connectivity index (χ1n) is 11.8. The van der Waals surface area contributed by atoms with E-state index < -0.39 is 18.2 Å². The number of alkyl halides is 3. The maximum absolute atomic E-state index is 13.0. The van der Waals surface area contributed by atoms with Gasteiger partial charge in [-0.1, -0.05) is 48.0 Å². The first kappa shape index (κ1) is 24.7. The van der Waals surface area contributed by atoms with Crippen LogP contribution in [-0.4, -0.2) is 55.0 Å². The highest BCUT2D eigenvalue weighted by Gasteiger charge is 2.44. The summed E-state index contributed by atoms with van der Waals surface area (Å²) in [5.41, 5.74) is 0.720. The van der Waals surface area contributed by atoms with E-state index in [9.17, 15) is 18.0 Å². The van der Waals surface area contributed by atoms with Gasteiger partial charge < -0.3 is 14.2 Å². The fourth-order valence-electron chi connectivity index (χ4n) is 4.96. The molecule has 0 saturated carbocycles. The third-order valence-corrected chi connectivity index (χ3v) is 7.01. The maximum Gasteiger partial charge on any atom is 0.490 e. The van der Waals surface area contributed by atoms with Crippen molar-refractivity contribution in [1.29, 1.82) is 0 Å². The van der Waals surface area contributed by atoms with Crippen LogP contribution in [0.2, 0.25) is 5.02 Å². The second-order valence-corrected chi connectivity index (χ2v) is 9.76. The molecule has 0 radical (unpaired) electrons. The lowest BCUT2D eigenvalue weighted by molar-refractivity contribution is -0.206. The molecule has 5 rings (SSSR count). The lowest BCUT2D eigenvalue weighted by atomic mass is 9.87. The molecule has 0 bridgehead atoms. The third kappa shape index (κ3) is 5.39. The molecule has 2 aliphatic heterocycles. The van der Waals surface area contributed by atoms with Gasteiger partial charge in [0.2, 0.25) is 0 Å². The van der Waals surface area contributed by atoms with Crippen molar-refractivity contribution in [2.45, 2.75) is 37.1 Å². The number of rotatable bonds is 6. The minimum atomic E-state index is -5.08. The number of carbonyl (C=O) groups excluding carboxylic acids is 1. The molecule has 0 aromatic heterocycles. The molecular weight excluding hydrogens is 495 g/mol. The van der Waals surface area contributed by atoms with Gasteiger partial charge in [0.05, 0.1) is 0 Å². The van der Waals surface area contributed by atoms with E-state index in [2.05, 4.69) is 0 Å². The zero-order chi connectivity index (χ0) is 25.3. The Morgan fingerprint density at radius 3 is 2.61 bits per heavy atom. The average Bonchev–Trinajstić information content (AvgIpc) is 3.20. The smallest absolute Gasteiger partial charge is 0.489 e. The summed E-state index contributed by atoms with van der Waals surface area (Å²) < 4.78 is 55.9. The molecule has 0 amide bonds. The molecule has 2 aliphatic rings. The molecule has 0 N–H and O–H groups in total. The largest absolute Gasteiger partial charge is 0.490 e. The monoisotopic (exact) mass is 519 g/mol. The highest BCUT2D eigenvalue weighted by Crippen LogP contribution is 2.42. The van der Waals surface area contributed by atoms with Gasteiger partial charge in [0.25, 0.3) is 0 Å². The van der Waals surface area contributed by atoms with E-state index >= 15 is 0 Å². The normalized spacial score (nSPS) is 18.0. The molecule has 5 nitrogen and oxygen atoms in total. The molecule has 3 aromatic rings. The molecule has 3 aromatic carbocycles. The summed E-state index contributed by atoms with van der Waals surface area (Å²) in [6.45, 7) is 1.12. The highest BCUT2D eigenvalue weighted by atomic mass is 35.5. The Balaban J connectivity index is 1.24. The number of carbonyl (C=O) groups is 1. The molecule has 1 spiro atoms. The standard InChI is InChI=1S/C27H25ClF3NO4/c28-20-8-9-23-19(14-20)15-26(36-23)10-12-32(13-11-26)16-21(35-25(33)27(29,30)31)17-34-24-7-3-5-18-4-1-2-6-22(18)24/h1-9,14,21H,10-13,15-17H2/t21-/m0/s1. The summed E-state index contributed by atoms with van der Waals surface area (Å²) in [5.74, 6) is -0.864. The van der Waals surface area contributed by atoms with Crippen LogP contribution in [0.25, 0.3) is 10.8 Å². The van der Waals surface area contributed by atoms with Crippen molar-refractivity contribution in [3.8, 4) is 11.5 Å². The quantitative estimate of drug-likeness (QED) is 0.384. The topological polar surface area (TPSA) is 48.0 Å². The number of ether oxygens (including phenoxy) is 3. The summed E-state index contributed by atoms with van der Waals surface area (Å²) in [6, 6.07) is 18.6. The number of hydrogen-bond donors (Lipinski definition) is 0. The van der Waals surface area contributed by atoms with E-state index in [4.69, 9.17) is 25.8 Å². The van der Waals surface area contributed by atoms with Gasteiger partial charge in [0, 0.05) is 49.3 Å². The molecule has 0 unspecified atom stereocenters. The predicted molar refractivity (Wildman–Crippen MR) is 130 cm³/mol. The van der Waals surface area contributed by atoms with Crippen LogP contribution in [0.3, 0.4) is 0 Å². The molecule has 1 atom stereocenters. The number of fused-ring (bicyclic) bond motifs is 2. The molecule has 1 fully saturated rings. The van der Waals surface area contributed by atoms with Crippen molar-refractivity contribution in [2.24, 2.45) is 0 Å².